The summed E-state index contributed by atoms with van der Waals surface area (Å²) in [7, 11) is 0. The van der Waals surface area contributed by atoms with Crippen molar-refractivity contribution in [2.24, 2.45) is 0 Å². The summed E-state index contributed by atoms with van der Waals surface area (Å²) in [5.41, 5.74) is 2.12. The van der Waals surface area contributed by atoms with Crippen LogP contribution in [0.15, 0.2) is 54.9 Å². The van der Waals surface area contributed by atoms with Gasteiger partial charge in [-0.15, -0.1) is 12.1 Å². The van der Waals surface area contributed by atoms with Gasteiger partial charge in [0.25, 0.3) is 0 Å². The fraction of sp³-hybridized carbons (Fsp3) is 0. The minimum absolute atomic E-state index is 0. The molecule has 79 valence electrons. The molecular weight excluding hydrogens is 283 g/mol. The van der Waals surface area contributed by atoms with Gasteiger partial charge in [0.1, 0.15) is 0 Å². The molecule has 0 saturated heterocycles. The molecule has 17 heavy (non-hydrogen) atoms. The largest absolute Gasteiger partial charge is 0.267 e. The summed E-state index contributed by atoms with van der Waals surface area (Å²) >= 11 is 0. The first kappa shape index (κ1) is 12.4. The van der Waals surface area contributed by atoms with Crippen LogP contribution in [0.3, 0.4) is 0 Å². The molecule has 0 bridgehead atoms. The Labute approximate surface area is 126 Å². The third-order valence-electron chi connectivity index (χ3n) is 2.57. The Morgan fingerprint density at radius 2 is 1.88 bits per heavy atom. The van der Waals surface area contributed by atoms with Crippen LogP contribution in [0.5, 0.6) is 0 Å². The standard InChI is InChI=1S/C15H9N.Y/c1-2-4-12(5-3-1)14-7-6-13-8-9-16-11-15(13)10-14;/h1-4,6,8-11H;/q-2;. The molecule has 0 aliphatic carbocycles. The van der Waals surface area contributed by atoms with Gasteiger partial charge in [-0.2, -0.15) is 36.4 Å². The zero-order chi connectivity index (χ0) is 10.8. The maximum Gasteiger partial charge on any atom is 0.0181 e. The molecule has 0 N–H and O–H groups in total. The van der Waals surface area contributed by atoms with Crippen molar-refractivity contribution in [3.63, 3.8) is 0 Å². The summed E-state index contributed by atoms with van der Waals surface area (Å²) in [6, 6.07) is 20.5. The van der Waals surface area contributed by atoms with Gasteiger partial charge in [0, 0.05) is 45.1 Å². The second kappa shape index (κ2) is 5.53. The predicted molar refractivity (Wildman–Crippen MR) is 64.9 cm³/mol. The first-order valence-electron chi connectivity index (χ1n) is 5.16. The van der Waals surface area contributed by atoms with Crippen molar-refractivity contribution >= 4 is 10.8 Å². The van der Waals surface area contributed by atoms with Gasteiger partial charge in [-0.3, -0.25) is 4.98 Å². The van der Waals surface area contributed by atoms with Crippen molar-refractivity contribution in [2.45, 2.75) is 0 Å². The van der Waals surface area contributed by atoms with Gasteiger partial charge in [0.2, 0.25) is 0 Å². The fourth-order valence-corrected chi connectivity index (χ4v) is 1.74. The second-order valence-electron chi connectivity index (χ2n) is 3.63. The Balaban J connectivity index is 0.00000108. The number of fused-ring (bicyclic) bond motifs is 1. The fourth-order valence-electron chi connectivity index (χ4n) is 1.74. The molecule has 0 amide bonds. The summed E-state index contributed by atoms with van der Waals surface area (Å²) in [5.74, 6) is 0. The zero-order valence-corrected chi connectivity index (χ0v) is 12.1. The van der Waals surface area contributed by atoms with Gasteiger partial charge < -0.3 is 0 Å². The Kier molecular flexibility index (Phi) is 4.03. The third-order valence-corrected chi connectivity index (χ3v) is 2.57. The van der Waals surface area contributed by atoms with E-state index < -0.39 is 0 Å². The van der Waals surface area contributed by atoms with Gasteiger partial charge in [0.15, 0.2) is 0 Å². The molecule has 0 fully saturated rings. The Hall–Kier alpha value is -1.05. The van der Waals surface area contributed by atoms with Crippen LogP contribution in [-0.2, 0) is 32.7 Å². The minimum Gasteiger partial charge on any atom is -0.267 e. The van der Waals surface area contributed by atoms with E-state index in [0.717, 1.165) is 21.9 Å². The number of rotatable bonds is 1. The van der Waals surface area contributed by atoms with E-state index in [1.54, 1.807) is 6.20 Å². The maximum atomic E-state index is 4.12. The number of pyridine rings is 1. The van der Waals surface area contributed by atoms with Gasteiger partial charge >= 0.3 is 0 Å². The van der Waals surface area contributed by atoms with Gasteiger partial charge in [-0.05, 0) is 0 Å². The van der Waals surface area contributed by atoms with Crippen molar-refractivity contribution < 1.29 is 32.7 Å². The van der Waals surface area contributed by atoms with Gasteiger partial charge in [0.05, 0.1) is 0 Å². The number of nitrogens with zero attached hydrogens (tertiary/aromatic N) is 1. The SMILES string of the molecule is [Y].[c-]1ccccc1-c1[c-]cc2ccncc2c1. The normalized spacial score (nSPS) is 9.88. The van der Waals surface area contributed by atoms with E-state index in [2.05, 4.69) is 23.2 Å². The summed E-state index contributed by atoms with van der Waals surface area (Å²) in [4.78, 5) is 4.12. The number of hydrogen-bond donors (Lipinski definition) is 0. The van der Waals surface area contributed by atoms with Crippen molar-refractivity contribution in [3.05, 3.63) is 67.0 Å². The zero-order valence-electron chi connectivity index (χ0n) is 9.22. The second-order valence-corrected chi connectivity index (χ2v) is 3.63. The van der Waals surface area contributed by atoms with Crippen LogP contribution in [0.1, 0.15) is 0 Å². The van der Waals surface area contributed by atoms with Gasteiger partial charge in [-0.1, -0.05) is 16.8 Å². The molecule has 1 heterocycles. The van der Waals surface area contributed by atoms with Gasteiger partial charge in [-0.25, -0.2) is 11.1 Å². The predicted octanol–water partition coefficient (Wildman–Crippen LogP) is 3.50. The van der Waals surface area contributed by atoms with Crippen molar-refractivity contribution in [1.29, 1.82) is 0 Å². The van der Waals surface area contributed by atoms with E-state index in [9.17, 15) is 0 Å². The molecular formula is C15H9NY-2. The number of benzene rings is 2. The van der Waals surface area contributed by atoms with E-state index in [-0.39, 0.29) is 32.7 Å². The van der Waals surface area contributed by atoms with Crippen molar-refractivity contribution in [3.8, 4) is 11.1 Å². The van der Waals surface area contributed by atoms with Crippen molar-refractivity contribution in [2.75, 3.05) is 0 Å². The number of hydrogen-bond acceptors (Lipinski definition) is 1. The van der Waals surface area contributed by atoms with Crippen LogP contribution in [0, 0.1) is 12.1 Å². The summed E-state index contributed by atoms with van der Waals surface area (Å²) in [5, 5.41) is 2.29. The molecule has 2 heteroatoms. The molecule has 1 aromatic heterocycles. The monoisotopic (exact) mass is 292 g/mol. The molecule has 0 aliphatic heterocycles. The van der Waals surface area contributed by atoms with Crippen LogP contribution in [0.4, 0.5) is 0 Å². The molecule has 3 aromatic rings. The quantitative estimate of drug-likeness (QED) is 0.626. The summed E-state index contributed by atoms with van der Waals surface area (Å²) in [6.07, 6.45) is 3.67. The average molecular weight is 292 g/mol. The van der Waals surface area contributed by atoms with E-state index in [4.69, 9.17) is 0 Å². The topological polar surface area (TPSA) is 12.9 Å². The molecule has 0 spiro atoms. The Bertz CT molecular complexity index is 620. The van der Waals surface area contributed by atoms with Crippen LogP contribution in [0.25, 0.3) is 21.9 Å². The molecule has 0 saturated carbocycles. The van der Waals surface area contributed by atoms with Crippen LogP contribution >= 0.6 is 0 Å². The Morgan fingerprint density at radius 3 is 2.71 bits per heavy atom. The minimum atomic E-state index is 0. The van der Waals surface area contributed by atoms with E-state index in [0.29, 0.717) is 0 Å². The smallest absolute Gasteiger partial charge is 0.0181 e. The average Bonchev–Trinajstić information content (AvgIpc) is 2.39. The molecule has 0 unspecified atom stereocenters. The van der Waals surface area contributed by atoms with Crippen LogP contribution in [0.2, 0.25) is 0 Å². The summed E-state index contributed by atoms with van der Waals surface area (Å²) < 4.78 is 0. The molecule has 1 nitrogen and oxygen atoms in total. The molecule has 0 aliphatic rings. The molecule has 0 atom stereocenters. The van der Waals surface area contributed by atoms with Crippen molar-refractivity contribution in [1.82, 2.24) is 4.98 Å². The maximum absolute atomic E-state index is 4.12. The van der Waals surface area contributed by atoms with E-state index >= 15 is 0 Å². The first-order chi connectivity index (χ1) is 7.93. The third kappa shape index (κ3) is 2.62. The first-order valence-corrected chi connectivity index (χ1v) is 5.16. The molecule has 2 aromatic carbocycles. The molecule has 1 radical (unpaired) electrons. The molecule has 3 rings (SSSR count). The van der Waals surface area contributed by atoms with Crippen LogP contribution < -0.4 is 0 Å². The van der Waals surface area contributed by atoms with E-state index in [1.807, 2.05) is 42.6 Å². The van der Waals surface area contributed by atoms with Crippen LogP contribution in [-0.4, -0.2) is 4.98 Å². The Morgan fingerprint density at radius 1 is 0.941 bits per heavy atom. The number of aromatic nitrogens is 1. The summed E-state index contributed by atoms with van der Waals surface area (Å²) in [6.45, 7) is 0. The van der Waals surface area contributed by atoms with E-state index in [1.165, 1.54) is 0 Å².